The molecule has 0 aromatic carbocycles. The first-order chi connectivity index (χ1) is 6.88. The Bertz CT molecular complexity index is 517. The summed E-state index contributed by atoms with van der Waals surface area (Å²) in [5.41, 5.74) is 1.21. The Labute approximate surface area is 97.1 Å². The first-order valence-corrected chi connectivity index (χ1v) is 6.64. The van der Waals surface area contributed by atoms with Crippen LogP contribution in [-0.4, -0.2) is 28.9 Å². The summed E-state index contributed by atoms with van der Waals surface area (Å²) in [6, 6.07) is 0. The molecule has 1 aliphatic rings. The maximum absolute atomic E-state index is 11.3. The van der Waals surface area contributed by atoms with Crippen molar-refractivity contribution in [3.05, 3.63) is 21.7 Å². The van der Waals surface area contributed by atoms with Gasteiger partial charge in [0, 0.05) is 12.1 Å². The highest BCUT2D eigenvalue weighted by Crippen LogP contribution is 2.28. The minimum atomic E-state index is -3.24. The van der Waals surface area contributed by atoms with Crippen molar-refractivity contribution in [2.75, 3.05) is 6.26 Å². The van der Waals surface area contributed by atoms with Crippen molar-refractivity contribution >= 4 is 33.2 Å². The Morgan fingerprint density at radius 1 is 1.27 bits per heavy atom. The highest BCUT2D eigenvalue weighted by atomic mass is 35.5. The second-order valence-electron chi connectivity index (χ2n) is 3.24. The van der Waals surface area contributed by atoms with E-state index >= 15 is 0 Å². The van der Waals surface area contributed by atoms with Gasteiger partial charge in [0.05, 0.1) is 18.5 Å². The van der Waals surface area contributed by atoms with Gasteiger partial charge < -0.3 is 0 Å². The van der Waals surface area contributed by atoms with Gasteiger partial charge in [0.1, 0.15) is 5.15 Å². The van der Waals surface area contributed by atoms with Gasteiger partial charge in [-0.1, -0.05) is 11.6 Å². The molecule has 0 amide bonds. The SMILES string of the molecule is CS(=O)(=O)N1Cc2nc(Cl)nc(Cl)c2C1. The van der Waals surface area contributed by atoms with E-state index in [1.54, 1.807) is 0 Å². The average Bonchev–Trinajstić information content (AvgIpc) is 2.46. The van der Waals surface area contributed by atoms with Crippen LogP contribution in [0.4, 0.5) is 0 Å². The molecular formula is C7H7Cl2N3O2S. The number of rotatable bonds is 1. The summed E-state index contributed by atoms with van der Waals surface area (Å²) >= 11 is 11.4. The van der Waals surface area contributed by atoms with Crippen LogP contribution in [0.25, 0.3) is 0 Å². The molecular weight excluding hydrogens is 261 g/mol. The first kappa shape index (κ1) is 11.1. The van der Waals surface area contributed by atoms with Gasteiger partial charge in [-0.05, 0) is 11.6 Å². The van der Waals surface area contributed by atoms with Crippen LogP contribution in [0.3, 0.4) is 0 Å². The number of halogens is 2. The minimum absolute atomic E-state index is 0.0362. The lowest BCUT2D eigenvalue weighted by Crippen LogP contribution is -2.23. The number of nitrogens with zero attached hydrogens (tertiary/aromatic N) is 3. The third-order valence-corrected chi connectivity index (χ3v) is 3.82. The summed E-state index contributed by atoms with van der Waals surface area (Å²) in [6.07, 6.45) is 1.14. The van der Waals surface area contributed by atoms with Crippen LogP contribution in [0.1, 0.15) is 11.3 Å². The van der Waals surface area contributed by atoms with Gasteiger partial charge in [-0.2, -0.15) is 4.31 Å². The van der Waals surface area contributed by atoms with Crippen LogP contribution in [-0.2, 0) is 23.1 Å². The van der Waals surface area contributed by atoms with Crippen molar-refractivity contribution in [2.45, 2.75) is 13.1 Å². The van der Waals surface area contributed by atoms with Gasteiger partial charge >= 0.3 is 0 Å². The second-order valence-corrected chi connectivity index (χ2v) is 5.92. The Balaban J connectivity index is 2.44. The maximum Gasteiger partial charge on any atom is 0.224 e. The molecule has 1 aromatic rings. The summed E-state index contributed by atoms with van der Waals surface area (Å²) in [7, 11) is -3.24. The molecule has 0 aliphatic carbocycles. The molecule has 0 bridgehead atoms. The van der Waals surface area contributed by atoms with Crippen LogP contribution < -0.4 is 0 Å². The predicted molar refractivity (Wildman–Crippen MR) is 56.1 cm³/mol. The summed E-state index contributed by atoms with van der Waals surface area (Å²) in [6.45, 7) is 0.417. The zero-order valence-electron chi connectivity index (χ0n) is 7.74. The highest BCUT2D eigenvalue weighted by molar-refractivity contribution is 7.88. The Hall–Kier alpha value is -0.430. The molecule has 0 saturated carbocycles. The molecule has 2 rings (SSSR count). The third-order valence-electron chi connectivity index (χ3n) is 2.14. The zero-order chi connectivity index (χ0) is 11.2. The summed E-state index contributed by atoms with van der Waals surface area (Å²) in [5, 5.41) is 0.255. The third kappa shape index (κ3) is 2.08. The van der Waals surface area contributed by atoms with Gasteiger partial charge in [0.25, 0.3) is 0 Å². The molecule has 8 heteroatoms. The summed E-state index contributed by atoms with van der Waals surface area (Å²) < 4.78 is 23.9. The molecule has 1 aliphatic heterocycles. The molecule has 0 spiro atoms. The van der Waals surface area contributed by atoms with Crippen LogP contribution in [0.15, 0.2) is 0 Å². The van der Waals surface area contributed by atoms with E-state index in [0.717, 1.165) is 6.26 Å². The maximum atomic E-state index is 11.3. The monoisotopic (exact) mass is 267 g/mol. The van der Waals surface area contributed by atoms with Crippen molar-refractivity contribution in [1.82, 2.24) is 14.3 Å². The number of aromatic nitrogens is 2. The zero-order valence-corrected chi connectivity index (χ0v) is 10.1. The lowest BCUT2D eigenvalue weighted by Gasteiger charge is -2.10. The Morgan fingerprint density at radius 3 is 2.53 bits per heavy atom. The fourth-order valence-electron chi connectivity index (χ4n) is 1.39. The molecule has 5 nitrogen and oxygen atoms in total. The molecule has 0 unspecified atom stereocenters. The molecule has 0 fully saturated rings. The van der Waals surface area contributed by atoms with Gasteiger partial charge in [-0.15, -0.1) is 0 Å². The smallest absolute Gasteiger partial charge is 0.221 e. The number of hydrogen-bond donors (Lipinski definition) is 0. The summed E-state index contributed by atoms with van der Waals surface area (Å²) in [5.74, 6) is 0. The van der Waals surface area contributed by atoms with Crippen molar-refractivity contribution in [1.29, 1.82) is 0 Å². The molecule has 82 valence electrons. The first-order valence-electron chi connectivity index (χ1n) is 4.04. The highest BCUT2D eigenvalue weighted by Gasteiger charge is 2.29. The van der Waals surface area contributed by atoms with E-state index in [9.17, 15) is 8.42 Å². The van der Waals surface area contributed by atoms with E-state index in [1.165, 1.54) is 4.31 Å². The molecule has 0 atom stereocenters. The fraction of sp³-hybridized carbons (Fsp3) is 0.429. The normalized spacial score (nSPS) is 16.7. The standard InChI is InChI=1S/C7H7Cl2N3O2S/c1-15(13,14)12-2-4-5(3-12)10-7(9)11-6(4)8/h2-3H2,1H3. The van der Waals surface area contributed by atoms with Crippen LogP contribution in [0.2, 0.25) is 10.4 Å². The number of sulfonamides is 1. The van der Waals surface area contributed by atoms with Gasteiger partial charge in [-0.25, -0.2) is 18.4 Å². The van der Waals surface area contributed by atoms with Gasteiger partial charge in [-0.3, -0.25) is 0 Å². The lowest BCUT2D eigenvalue weighted by molar-refractivity contribution is 0.434. The summed E-state index contributed by atoms with van der Waals surface area (Å²) in [4.78, 5) is 7.70. The molecule has 2 heterocycles. The predicted octanol–water partition coefficient (Wildman–Crippen LogP) is 1.06. The second kappa shape index (κ2) is 3.55. The minimum Gasteiger partial charge on any atom is -0.221 e. The van der Waals surface area contributed by atoms with Crippen LogP contribution in [0.5, 0.6) is 0 Å². The van der Waals surface area contributed by atoms with E-state index in [0.29, 0.717) is 11.3 Å². The van der Waals surface area contributed by atoms with Crippen molar-refractivity contribution < 1.29 is 8.42 Å². The molecule has 0 N–H and O–H groups in total. The molecule has 15 heavy (non-hydrogen) atoms. The lowest BCUT2D eigenvalue weighted by atomic mass is 10.3. The number of fused-ring (bicyclic) bond motifs is 1. The molecule has 1 aromatic heterocycles. The van der Waals surface area contributed by atoms with Gasteiger partial charge in [0.2, 0.25) is 15.3 Å². The van der Waals surface area contributed by atoms with E-state index in [1.807, 2.05) is 0 Å². The quantitative estimate of drug-likeness (QED) is 0.564. The van der Waals surface area contributed by atoms with Crippen molar-refractivity contribution in [3.8, 4) is 0 Å². The van der Waals surface area contributed by atoms with Crippen molar-refractivity contribution in [2.24, 2.45) is 0 Å². The van der Waals surface area contributed by atoms with E-state index in [2.05, 4.69) is 9.97 Å². The van der Waals surface area contributed by atoms with Crippen LogP contribution >= 0.6 is 23.2 Å². The largest absolute Gasteiger partial charge is 0.224 e. The molecule has 0 saturated heterocycles. The van der Waals surface area contributed by atoms with Crippen LogP contribution in [0, 0.1) is 0 Å². The Morgan fingerprint density at radius 2 is 1.93 bits per heavy atom. The fourth-order valence-corrected chi connectivity index (χ4v) is 2.59. The Kier molecular flexibility index (Phi) is 2.62. The topological polar surface area (TPSA) is 63.2 Å². The number of hydrogen-bond acceptors (Lipinski definition) is 4. The average molecular weight is 268 g/mol. The van der Waals surface area contributed by atoms with E-state index < -0.39 is 10.0 Å². The molecule has 0 radical (unpaired) electrons. The van der Waals surface area contributed by atoms with Gasteiger partial charge in [0.15, 0.2) is 0 Å². The van der Waals surface area contributed by atoms with E-state index in [-0.39, 0.29) is 23.5 Å². The van der Waals surface area contributed by atoms with Crippen molar-refractivity contribution in [3.63, 3.8) is 0 Å². The van der Waals surface area contributed by atoms with E-state index in [4.69, 9.17) is 23.2 Å².